The number of carbonyl (C=O) groups excluding carboxylic acids is 1. The molecule has 17 heavy (non-hydrogen) atoms. The molecule has 0 saturated carbocycles. The van der Waals surface area contributed by atoms with Gasteiger partial charge in [0.2, 0.25) is 0 Å². The Labute approximate surface area is 101 Å². The van der Waals surface area contributed by atoms with Gasteiger partial charge in [0, 0.05) is 13.1 Å². The molecule has 0 aromatic rings. The summed E-state index contributed by atoms with van der Waals surface area (Å²) in [6.07, 6.45) is 3.08. The maximum atomic E-state index is 11.8. The lowest BCUT2D eigenvalue weighted by atomic mass is 9.96. The van der Waals surface area contributed by atoms with Gasteiger partial charge in [0.25, 0.3) is 0 Å². The summed E-state index contributed by atoms with van der Waals surface area (Å²) < 4.78 is 0. The molecule has 1 fully saturated rings. The first-order valence-corrected chi connectivity index (χ1v) is 5.97. The van der Waals surface area contributed by atoms with Gasteiger partial charge in [0.15, 0.2) is 6.04 Å². The standard InChI is InChI=1S/C11H20N2O4/c1-2-8-4-3-5-13(6-8)11(17)12-9(7-14)10(15)16/h8-9,14H,2-7H2,1H3,(H,12,17)(H,15,16)/t8?,9-/m1/s1. The van der Waals surface area contributed by atoms with Crippen molar-refractivity contribution in [2.45, 2.75) is 32.2 Å². The van der Waals surface area contributed by atoms with Gasteiger partial charge in [-0.1, -0.05) is 13.3 Å². The fraction of sp³-hybridized carbons (Fsp3) is 0.818. The molecule has 6 nitrogen and oxygen atoms in total. The monoisotopic (exact) mass is 244 g/mol. The molecule has 1 aliphatic rings. The zero-order valence-corrected chi connectivity index (χ0v) is 10.1. The van der Waals surface area contributed by atoms with Gasteiger partial charge in [0.1, 0.15) is 0 Å². The van der Waals surface area contributed by atoms with Crippen LogP contribution in [0.15, 0.2) is 0 Å². The number of rotatable bonds is 4. The van der Waals surface area contributed by atoms with Gasteiger partial charge in [-0.25, -0.2) is 9.59 Å². The largest absolute Gasteiger partial charge is 0.480 e. The van der Waals surface area contributed by atoms with Gasteiger partial charge in [-0.15, -0.1) is 0 Å². The number of aliphatic carboxylic acids is 1. The normalized spacial score (nSPS) is 22.0. The third-order valence-corrected chi connectivity index (χ3v) is 3.16. The van der Waals surface area contributed by atoms with Gasteiger partial charge in [-0.2, -0.15) is 0 Å². The lowest BCUT2D eigenvalue weighted by Crippen LogP contribution is -2.51. The number of amides is 2. The zero-order valence-electron chi connectivity index (χ0n) is 10.1. The lowest BCUT2D eigenvalue weighted by Gasteiger charge is -2.32. The predicted molar refractivity (Wildman–Crippen MR) is 61.6 cm³/mol. The van der Waals surface area contributed by atoms with E-state index >= 15 is 0 Å². The molecule has 0 aromatic carbocycles. The van der Waals surface area contributed by atoms with Gasteiger partial charge in [0.05, 0.1) is 6.61 Å². The number of nitrogens with zero attached hydrogens (tertiary/aromatic N) is 1. The Morgan fingerprint density at radius 2 is 2.24 bits per heavy atom. The van der Waals surface area contributed by atoms with Crippen LogP contribution in [-0.4, -0.2) is 52.9 Å². The average Bonchev–Trinajstić information content (AvgIpc) is 2.35. The second-order valence-electron chi connectivity index (χ2n) is 4.39. The summed E-state index contributed by atoms with van der Waals surface area (Å²) >= 11 is 0. The highest BCUT2D eigenvalue weighted by Gasteiger charge is 2.26. The number of urea groups is 1. The average molecular weight is 244 g/mol. The van der Waals surface area contributed by atoms with Crippen molar-refractivity contribution in [2.75, 3.05) is 19.7 Å². The molecular formula is C11H20N2O4. The van der Waals surface area contributed by atoms with Gasteiger partial charge in [-0.3, -0.25) is 0 Å². The van der Waals surface area contributed by atoms with Crippen molar-refractivity contribution in [3.63, 3.8) is 0 Å². The molecule has 6 heteroatoms. The third-order valence-electron chi connectivity index (χ3n) is 3.16. The summed E-state index contributed by atoms with van der Waals surface area (Å²) in [5, 5.41) is 19.9. The highest BCUT2D eigenvalue weighted by molar-refractivity contribution is 5.82. The number of piperidine rings is 1. The van der Waals surface area contributed by atoms with Crippen LogP contribution in [0.3, 0.4) is 0 Å². The van der Waals surface area contributed by atoms with Crippen LogP contribution in [0.4, 0.5) is 4.79 Å². The number of carboxylic acids is 1. The predicted octanol–water partition coefficient (Wildman–Crippen LogP) is 0.263. The van der Waals surface area contributed by atoms with Crippen molar-refractivity contribution >= 4 is 12.0 Å². The lowest BCUT2D eigenvalue weighted by molar-refractivity contribution is -0.140. The quantitative estimate of drug-likeness (QED) is 0.662. The van der Waals surface area contributed by atoms with E-state index in [4.69, 9.17) is 10.2 Å². The van der Waals surface area contributed by atoms with Crippen LogP contribution in [0.5, 0.6) is 0 Å². The van der Waals surface area contributed by atoms with Crippen molar-refractivity contribution in [1.29, 1.82) is 0 Å². The van der Waals surface area contributed by atoms with Gasteiger partial charge >= 0.3 is 12.0 Å². The van der Waals surface area contributed by atoms with Crippen LogP contribution in [-0.2, 0) is 4.79 Å². The number of carboxylic acid groups (broad SMARTS) is 1. The Balaban J connectivity index is 2.48. The summed E-state index contributed by atoms with van der Waals surface area (Å²) in [5.41, 5.74) is 0. The number of carbonyl (C=O) groups is 2. The molecule has 0 radical (unpaired) electrons. The minimum absolute atomic E-state index is 0.399. The number of aliphatic hydroxyl groups excluding tert-OH is 1. The fourth-order valence-corrected chi connectivity index (χ4v) is 2.01. The fourth-order valence-electron chi connectivity index (χ4n) is 2.01. The van der Waals surface area contributed by atoms with E-state index in [0.717, 1.165) is 19.3 Å². The first kappa shape index (κ1) is 13.8. The Kier molecular flexibility index (Phi) is 5.21. The van der Waals surface area contributed by atoms with Crippen LogP contribution >= 0.6 is 0 Å². The summed E-state index contributed by atoms with van der Waals surface area (Å²) in [6, 6.07) is -1.62. The maximum absolute atomic E-state index is 11.8. The van der Waals surface area contributed by atoms with Crippen LogP contribution in [0.2, 0.25) is 0 Å². The molecule has 2 atom stereocenters. The minimum atomic E-state index is -1.22. The molecule has 0 aromatic heterocycles. The Bertz CT molecular complexity index is 283. The molecule has 1 rings (SSSR count). The molecule has 1 saturated heterocycles. The molecule has 0 aliphatic carbocycles. The minimum Gasteiger partial charge on any atom is -0.480 e. The number of hydrogen-bond donors (Lipinski definition) is 3. The van der Waals surface area contributed by atoms with Gasteiger partial charge in [-0.05, 0) is 18.8 Å². The SMILES string of the molecule is CCC1CCCN(C(=O)N[C@H](CO)C(=O)O)C1. The van der Waals surface area contributed by atoms with Gasteiger partial charge < -0.3 is 20.4 Å². The second kappa shape index (κ2) is 6.44. The summed E-state index contributed by atoms with van der Waals surface area (Å²) in [7, 11) is 0. The van der Waals surface area contributed by atoms with Crippen molar-refractivity contribution in [2.24, 2.45) is 5.92 Å². The highest BCUT2D eigenvalue weighted by atomic mass is 16.4. The molecule has 3 N–H and O–H groups in total. The molecule has 0 spiro atoms. The van der Waals surface area contributed by atoms with E-state index in [1.54, 1.807) is 4.90 Å². The zero-order chi connectivity index (χ0) is 12.8. The Morgan fingerprint density at radius 1 is 1.53 bits per heavy atom. The van der Waals surface area contributed by atoms with Crippen LogP contribution < -0.4 is 5.32 Å². The first-order chi connectivity index (χ1) is 8.08. The number of hydrogen-bond acceptors (Lipinski definition) is 3. The number of nitrogens with one attached hydrogen (secondary N) is 1. The Morgan fingerprint density at radius 3 is 2.76 bits per heavy atom. The molecule has 98 valence electrons. The first-order valence-electron chi connectivity index (χ1n) is 5.97. The molecule has 2 amide bonds. The van der Waals surface area contributed by atoms with E-state index in [-0.39, 0.29) is 0 Å². The van der Waals surface area contributed by atoms with E-state index in [0.29, 0.717) is 19.0 Å². The summed E-state index contributed by atoms with van der Waals surface area (Å²) in [5.74, 6) is -0.725. The van der Waals surface area contributed by atoms with E-state index in [1.807, 2.05) is 0 Å². The van der Waals surface area contributed by atoms with E-state index in [1.165, 1.54) is 0 Å². The Hall–Kier alpha value is -1.30. The van der Waals surface area contributed by atoms with Crippen LogP contribution in [0, 0.1) is 5.92 Å². The van der Waals surface area contributed by atoms with E-state index in [9.17, 15) is 9.59 Å². The number of likely N-dealkylation sites (tertiary alicyclic amines) is 1. The van der Waals surface area contributed by atoms with Crippen molar-refractivity contribution in [1.82, 2.24) is 10.2 Å². The molecule has 1 unspecified atom stereocenters. The third kappa shape index (κ3) is 3.89. The van der Waals surface area contributed by atoms with Crippen molar-refractivity contribution in [3.05, 3.63) is 0 Å². The summed E-state index contributed by atoms with van der Waals surface area (Å²) in [6.45, 7) is 2.81. The summed E-state index contributed by atoms with van der Waals surface area (Å²) in [4.78, 5) is 24.1. The smallest absolute Gasteiger partial charge is 0.328 e. The van der Waals surface area contributed by atoms with Crippen molar-refractivity contribution < 1.29 is 19.8 Å². The second-order valence-corrected chi connectivity index (χ2v) is 4.39. The molecular weight excluding hydrogens is 224 g/mol. The molecule has 1 aliphatic heterocycles. The highest BCUT2D eigenvalue weighted by Crippen LogP contribution is 2.18. The number of aliphatic hydroxyl groups is 1. The maximum Gasteiger partial charge on any atom is 0.328 e. The van der Waals surface area contributed by atoms with Crippen molar-refractivity contribution in [3.8, 4) is 0 Å². The van der Waals surface area contributed by atoms with E-state index < -0.39 is 24.6 Å². The molecule has 0 bridgehead atoms. The van der Waals surface area contributed by atoms with Crippen LogP contribution in [0.1, 0.15) is 26.2 Å². The molecule has 1 heterocycles. The topological polar surface area (TPSA) is 89.9 Å². The van der Waals surface area contributed by atoms with E-state index in [2.05, 4.69) is 12.2 Å². The van der Waals surface area contributed by atoms with Crippen LogP contribution in [0.25, 0.3) is 0 Å².